The summed E-state index contributed by atoms with van der Waals surface area (Å²) < 4.78 is 24.8. The van der Waals surface area contributed by atoms with Gasteiger partial charge in [0.25, 0.3) is 5.91 Å². The molecule has 0 bridgehead atoms. The average Bonchev–Trinajstić information content (AvgIpc) is 2.53. The molecule has 122 valence electrons. The van der Waals surface area contributed by atoms with Gasteiger partial charge in [0.15, 0.2) is 6.10 Å². The van der Waals surface area contributed by atoms with Crippen LogP contribution in [0.2, 0.25) is 0 Å². The predicted octanol–water partition coefficient (Wildman–Crippen LogP) is 3.55. The molecule has 1 unspecified atom stereocenters. The summed E-state index contributed by atoms with van der Waals surface area (Å²) in [6.07, 6.45) is -0.620. The second-order valence-corrected chi connectivity index (χ2v) is 5.73. The third-order valence-corrected chi connectivity index (χ3v) is 3.49. The van der Waals surface area contributed by atoms with Crippen molar-refractivity contribution in [2.24, 2.45) is 0 Å². The number of carbonyl (C=O) groups is 1. The summed E-state index contributed by atoms with van der Waals surface area (Å²) in [6, 6.07) is 13.1. The molecule has 1 amide bonds. The van der Waals surface area contributed by atoms with Gasteiger partial charge in [-0.3, -0.25) is 4.79 Å². The summed E-state index contributed by atoms with van der Waals surface area (Å²) >= 11 is 3.33. The van der Waals surface area contributed by atoms with Gasteiger partial charge in [-0.1, -0.05) is 22.0 Å². The van der Waals surface area contributed by atoms with E-state index in [1.54, 1.807) is 31.2 Å². The van der Waals surface area contributed by atoms with Gasteiger partial charge in [0, 0.05) is 10.5 Å². The minimum Gasteiger partial charge on any atom is -0.492 e. The Morgan fingerprint density at radius 1 is 1.22 bits per heavy atom. The Hall–Kier alpha value is -2.08. The molecule has 0 radical (unpaired) electrons. The highest BCUT2D eigenvalue weighted by Crippen LogP contribution is 2.17. The van der Waals surface area contributed by atoms with E-state index in [-0.39, 0.29) is 18.3 Å². The van der Waals surface area contributed by atoms with Crippen LogP contribution in [0.25, 0.3) is 0 Å². The number of rotatable bonds is 7. The van der Waals surface area contributed by atoms with Crippen LogP contribution in [0.4, 0.5) is 4.39 Å². The van der Waals surface area contributed by atoms with E-state index in [1.165, 1.54) is 12.1 Å². The Labute approximate surface area is 142 Å². The summed E-state index contributed by atoms with van der Waals surface area (Å²) in [5.74, 6) is 0.448. The number of ether oxygens (including phenoxy) is 2. The largest absolute Gasteiger partial charge is 0.492 e. The van der Waals surface area contributed by atoms with E-state index < -0.39 is 6.10 Å². The van der Waals surface area contributed by atoms with E-state index >= 15 is 0 Å². The van der Waals surface area contributed by atoms with Crippen LogP contribution < -0.4 is 14.8 Å². The second-order valence-electron chi connectivity index (χ2n) is 4.81. The van der Waals surface area contributed by atoms with Crippen molar-refractivity contribution in [1.29, 1.82) is 0 Å². The number of carbonyl (C=O) groups excluding carboxylic acids is 1. The molecular weight excluding hydrogens is 365 g/mol. The molecule has 0 heterocycles. The SMILES string of the molecule is CC(Oc1ccc(Br)cc1)C(=O)NCCOc1cccc(F)c1. The molecule has 23 heavy (non-hydrogen) atoms. The Balaban J connectivity index is 1.70. The van der Waals surface area contributed by atoms with E-state index in [2.05, 4.69) is 21.2 Å². The minimum atomic E-state index is -0.620. The number of nitrogens with one attached hydrogen (secondary N) is 1. The van der Waals surface area contributed by atoms with Crippen molar-refractivity contribution in [2.75, 3.05) is 13.2 Å². The second kappa shape index (κ2) is 8.53. The first-order valence-electron chi connectivity index (χ1n) is 7.13. The monoisotopic (exact) mass is 381 g/mol. The van der Waals surface area contributed by atoms with E-state index in [4.69, 9.17) is 9.47 Å². The van der Waals surface area contributed by atoms with Gasteiger partial charge in [-0.05, 0) is 43.3 Å². The molecule has 0 aliphatic heterocycles. The van der Waals surface area contributed by atoms with Crippen molar-refractivity contribution < 1.29 is 18.7 Å². The highest BCUT2D eigenvalue weighted by molar-refractivity contribution is 9.10. The Morgan fingerprint density at radius 3 is 2.65 bits per heavy atom. The molecule has 4 nitrogen and oxygen atoms in total. The van der Waals surface area contributed by atoms with E-state index in [1.807, 2.05) is 12.1 Å². The standard InChI is InChI=1S/C17H17BrFNO3/c1-12(23-15-7-5-13(18)6-8-15)17(21)20-9-10-22-16-4-2-3-14(19)11-16/h2-8,11-12H,9-10H2,1H3,(H,20,21). The number of halogens is 2. The summed E-state index contributed by atoms with van der Waals surface area (Å²) in [5, 5.41) is 2.71. The van der Waals surface area contributed by atoms with Gasteiger partial charge in [-0.15, -0.1) is 0 Å². The van der Waals surface area contributed by atoms with Crippen LogP contribution in [0, 0.1) is 5.82 Å². The maximum Gasteiger partial charge on any atom is 0.260 e. The fourth-order valence-electron chi connectivity index (χ4n) is 1.81. The highest BCUT2D eigenvalue weighted by atomic mass is 79.9. The number of amides is 1. The number of hydrogen-bond donors (Lipinski definition) is 1. The Morgan fingerprint density at radius 2 is 1.96 bits per heavy atom. The van der Waals surface area contributed by atoms with Crippen LogP contribution in [0.15, 0.2) is 53.0 Å². The molecule has 0 saturated carbocycles. The predicted molar refractivity (Wildman–Crippen MR) is 89.1 cm³/mol. The molecule has 6 heteroatoms. The molecule has 2 aromatic carbocycles. The number of benzene rings is 2. The van der Waals surface area contributed by atoms with Crippen molar-refractivity contribution >= 4 is 21.8 Å². The van der Waals surface area contributed by atoms with Crippen molar-refractivity contribution in [1.82, 2.24) is 5.32 Å². The van der Waals surface area contributed by atoms with Crippen LogP contribution in [0.5, 0.6) is 11.5 Å². The van der Waals surface area contributed by atoms with E-state index in [9.17, 15) is 9.18 Å². The molecule has 2 rings (SSSR count). The molecular formula is C17H17BrFNO3. The zero-order valence-corrected chi connectivity index (χ0v) is 14.2. The van der Waals surface area contributed by atoms with Gasteiger partial charge >= 0.3 is 0 Å². The summed E-state index contributed by atoms with van der Waals surface area (Å²) in [4.78, 5) is 11.9. The molecule has 0 aliphatic carbocycles. The lowest BCUT2D eigenvalue weighted by molar-refractivity contribution is -0.127. The molecule has 1 N–H and O–H groups in total. The van der Waals surface area contributed by atoms with Gasteiger partial charge in [-0.25, -0.2) is 4.39 Å². The molecule has 0 spiro atoms. The quantitative estimate of drug-likeness (QED) is 0.746. The highest BCUT2D eigenvalue weighted by Gasteiger charge is 2.13. The summed E-state index contributed by atoms with van der Waals surface area (Å²) in [7, 11) is 0. The van der Waals surface area contributed by atoms with Gasteiger partial charge in [-0.2, -0.15) is 0 Å². The fraction of sp³-hybridized carbons (Fsp3) is 0.235. The van der Waals surface area contributed by atoms with Crippen molar-refractivity contribution in [2.45, 2.75) is 13.0 Å². The molecule has 0 aromatic heterocycles. The normalized spacial score (nSPS) is 11.6. The third kappa shape index (κ3) is 5.90. The molecule has 2 aromatic rings. The zero-order chi connectivity index (χ0) is 16.7. The van der Waals surface area contributed by atoms with Gasteiger partial charge in [0.1, 0.15) is 23.9 Å². The number of hydrogen-bond acceptors (Lipinski definition) is 3. The van der Waals surface area contributed by atoms with Crippen molar-refractivity contribution in [3.63, 3.8) is 0 Å². The van der Waals surface area contributed by atoms with E-state index in [0.717, 1.165) is 4.47 Å². The minimum absolute atomic E-state index is 0.240. The lowest BCUT2D eigenvalue weighted by atomic mass is 10.3. The van der Waals surface area contributed by atoms with Crippen LogP contribution >= 0.6 is 15.9 Å². The van der Waals surface area contributed by atoms with Gasteiger partial charge in [0.2, 0.25) is 0 Å². The lowest BCUT2D eigenvalue weighted by Crippen LogP contribution is -2.38. The topological polar surface area (TPSA) is 47.6 Å². The zero-order valence-electron chi connectivity index (χ0n) is 12.6. The Kier molecular flexibility index (Phi) is 6.40. The molecule has 0 saturated heterocycles. The average molecular weight is 382 g/mol. The van der Waals surface area contributed by atoms with Crippen LogP contribution in [-0.4, -0.2) is 25.2 Å². The first-order valence-corrected chi connectivity index (χ1v) is 7.92. The van der Waals surface area contributed by atoms with Crippen molar-refractivity contribution in [3.8, 4) is 11.5 Å². The molecule has 0 aliphatic rings. The lowest BCUT2D eigenvalue weighted by Gasteiger charge is -2.15. The summed E-state index contributed by atoms with van der Waals surface area (Å²) in [6.45, 7) is 2.23. The first-order chi connectivity index (χ1) is 11.0. The maximum atomic E-state index is 13.0. The molecule has 1 atom stereocenters. The van der Waals surface area contributed by atoms with Gasteiger partial charge < -0.3 is 14.8 Å². The van der Waals surface area contributed by atoms with Crippen LogP contribution in [0.3, 0.4) is 0 Å². The Bertz CT molecular complexity index is 649. The third-order valence-electron chi connectivity index (χ3n) is 2.96. The molecule has 0 fully saturated rings. The van der Waals surface area contributed by atoms with E-state index in [0.29, 0.717) is 18.0 Å². The van der Waals surface area contributed by atoms with Gasteiger partial charge in [0.05, 0.1) is 6.54 Å². The smallest absolute Gasteiger partial charge is 0.260 e. The van der Waals surface area contributed by atoms with Crippen LogP contribution in [0.1, 0.15) is 6.92 Å². The first kappa shape index (κ1) is 17.3. The van der Waals surface area contributed by atoms with Crippen LogP contribution in [-0.2, 0) is 4.79 Å². The summed E-state index contributed by atoms with van der Waals surface area (Å²) in [5.41, 5.74) is 0. The maximum absolute atomic E-state index is 13.0. The van der Waals surface area contributed by atoms with Crippen molar-refractivity contribution in [3.05, 3.63) is 58.8 Å². The fourth-order valence-corrected chi connectivity index (χ4v) is 2.08.